The molecule has 2 aromatic rings. The molecular weight excluding hydrogens is 424 g/mol. The number of hydrogen-bond donors (Lipinski definition) is 3. The summed E-state index contributed by atoms with van der Waals surface area (Å²) in [5, 5.41) is 14.7. The number of rotatable bonds is 5. The molecule has 8 nitrogen and oxygen atoms in total. The van der Waals surface area contributed by atoms with Crippen LogP contribution in [0.3, 0.4) is 0 Å². The van der Waals surface area contributed by atoms with Crippen LogP contribution in [-0.2, 0) is 4.79 Å². The van der Waals surface area contributed by atoms with Crippen molar-refractivity contribution >= 4 is 22.7 Å². The number of ether oxygens (including phenoxy) is 1. The highest BCUT2D eigenvalue weighted by Crippen LogP contribution is 2.35. The number of hydrogen-bond acceptors (Lipinski definition) is 5. The van der Waals surface area contributed by atoms with E-state index in [0.29, 0.717) is 0 Å². The molecular formula is C22H25F2N3O5. The predicted molar refractivity (Wildman–Crippen MR) is 112 cm³/mol. The van der Waals surface area contributed by atoms with Gasteiger partial charge in [0.15, 0.2) is 11.6 Å². The van der Waals surface area contributed by atoms with Crippen molar-refractivity contribution in [3.05, 3.63) is 39.7 Å². The number of nitrogens with zero attached hydrogens (tertiary/aromatic N) is 1. The second kappa shape index (κ2) is 8.85. The van der Waals surface area contributed by atoms with Crippen molar-refractivity contribution in [1.29, 1.82) is 0 Å². The van der Waals surface area contributed by atoms with E-state index in [4.69, 9.17) is 4.74 Å². The van der Waals surface area contributed by atoms with Crippen LogP contribution in [0.5, 0.6) is 5.75 Å². The Morgan fingerprint density at radius 2 is 2.00 bits per heavy atom. The molecule has 2 unspecified atom stereocenters. The summed E-state index contributed by atoms with van der Waals surface area (Å²) in [5.74, 6) is -4.25. The lowest BCUT2D eigenvalue weighted by molar-refractivity contribution is -0.124. The Labute approximate surface area is 182 Å². The van der Waals surface area contributed by atoms with E-state index in [1.807, 2.05) is 0 Å². The molecule has 4 rings (SSSR count). The second-order valence-electron chi connectivity index (χ2n) is 8.39. The van der Waals surface area contributed by atoms with Crippen molar-refractivity contribution in [2.24, 2.45) is 0 Å². The van der Waals surface area contributed by atoms with Gasteiger partial charge in [-0.15, -0.1) is 0 Å². The number of aromatic nitrogens is 1. The highest BCUT2D eigenvalue weighted by atomic mass is 19.2. The Bertz CT molecular complexity index is 1130. The third-order valence-corrected chi connectivity index (χ3v) is 6.11. The summed E-state index contributed by atoms with van der Waals surface area (Å²) < 4.78 is 35.0. The molecule has 2 heterocycles. The van der Waals surface area contributed by atoms with Crippen LogP contribution < -0.4 is 20.8 Å². The van der Waals surface area contributed by atoms with Crippen LogP contribution in [-0.4, -0.2) is 46.8 Å². The number of carbonyl (C=O) groups excluding carboxylic acids is 2. The van der Waals surface area contributed by atoms with E-state index in [1.165, 1.54) is 10.8 Å². The van der Waals surface area contributed by atoms with Gasteiger partial charge in [0.2, 0.25) is 17.2 Å². The number of benzene rings is 1. The molecule has 1 fully saturated rings. The van der Waals surface area contributed by atoms with Crippen molar-refractivity contribution in [3.63, 3.8) is 0 Å². The number of nitrogens with one attached hydrogen (secondary N) is 2. The van der Waals surface area contributed by atoms with Gasteiger partial charge in [0.1, 0.15) is 18.2 Å². The maximum absolute atomic E-state index is 14.2. The summed E-state index contributed by atoms with van der Waals surface area (Å²) in [5.41, 5.74) is -1.10. The van der Waals surface area contributed by atoms with Crippen LogP contribution in [0.15, 0.2) is 17.1 Å². The monoisotopic (exact) mass is 449 g/mol. The first-order valence-corrected chi connectivity index (χ1v) is 10.7. The van der Waals surface area contributed by atoms with E-state index >= 15 is 0 Å². The first-order chi connectivity index (χ1) is 15.3. The molecule has 32 heavy (non-hydrogen) atoms. The zero-order valence-corrected chi connectivity index (χ0v) is 17.6. The van der Waals surface area contributed by atoms with Gasteiger partial charge in [-0.25, -0.2) is 4.39 Å². The van der Waals surface area contributed by atoms with Crippen LogP contribution in [0, 0.1) is 11.6 Å². The highest BCUT2D eigenvalue weighted by Gasteiger charge is 2.30. The first kappa shape index (κ1) is 22.2. The minimum atomic E-state index is -1.26. The van der Waals surface area contributed by atoms with Gasteiger partial charge in [0.05, 0.1) is 23.6 Å². The average Bonchev–Trinajstić information content (AvgIpc) is 2.78. The van der Waals surface area contributed by atoms with Crippen LogP contribution in [0.4, 0.5) is 8.78 Å². The number of aliphatic hydroxyl groups excluding tert-OH is 1. The van der Waals surface area contributed by atoms with Gasteiger partial charge in [0.25, 0.3) is 5.91 Å². The third kappa shape index (κ3) is 3.94. The molecule has 1 aliphatic carbocycles. The zero-order valence-electron chi connectivity index (χ0n) is 17.6. The van der Waals surface area contributed by atoms with Crippen molar-refractivity contribution in [3.8, 4) is 5.75 Å². The molecule has 0 radical (unpaired) electrons. The molecule has 0 bridgehead atoms. The molecule has 0 saturated heterocycles. The van der Waals surface area contributed by atoms with Gasteiger partial charge in [-0.1, -0.05) is 19.3 Å². The maximum Gasteiger partial charge on any atom is 0.257 e. The smallest absolute Gasteiger partial charge is 0.257 e. The molecule has 0 spiro atoms. The molecule has 2 aliphatic rings. The van der Waals surface area contributed by atoms with Gasteiger partial charge < -0.3 is 25.0 Å². The number of halogens is 2. The topological polar surface area (TPSA) is 110 Å². The standard InChI is InChI=1S/C22H25F2N3O5/c1-11-10-32-20-17(24)15(23)7-13-18(20)27(11)8-14(19(13)29)21(30)26-16(9-28)22(31)25-12-5-3-2-4-6-12/h7-8,11-12,16,28H,2-6,9-10H2,1H3,(H,25,31)(H,26,30). The van der Waals surface area contributed by atoms with Gasteiger partial charge >= 0.3 is 0 Å². The molecule has 1 aliphatic heterocycles. The highest BCUT2D eigenvalue weighted by molar-refractivity contribution is 6.00. The maximum atomic E-state index is 14.2. The van der Waals surface area contributed by atoms with E-state index in [9.17, 15) is 28.3 Å². The fraction of sp³-hybridized carbons (Fsp3) is 0.500. The van der Waals surface area contributed by atoms with Gasteiger partial charge in [0, 0.05) is 12.2 Å². The fourth-order valence-electron chi connectivity index (χ4n) is 4.33. The lowest BCUT2D eigenvalue weighted by Gasteiger charge is -2.27. The molecule has 1 aromatic heterocycles. The summed E-state index contributed by atoms with van der Waals surface area (Å²) in [6, 6.07) is -0.882. The minimum Gasteiger partial charge on any atom is -0.486 e. The van der Waals surface area contributed by atoms with Crippen molar-refractivity contribution in [2.45, 2.75) is 57.2 Å². The number of pyridine rings is 1. The molecule has 2 amide bonds. The van der Waals surface area contributed by atoms with Crippen molar-refractivity contribution in [1.82, 2.24) is 15.2 Å². The van der Waals surface area contributed by atoms with E-state index in [1.54, 1.807) is 6.92 Å². The molecule has 2 atom stereocenters. The fourth-order valence-corrected chi connectivity index (χ4v) is 4.33. The van der Waals surface area contributed by atoms with Crippen LogP contribution in [0.1, 0.15) is 55.4 Å². The number of carbonyl (C=O) groups is 2. The lowest BCUT2D eigenvalue weighted by atomic mass is 9.95. The third-order valence-electron chi connectivity index (χ3n) is 6.11. The SMILES string of the molecule is CC1COc2c(F)c(F)cc3c(=O)c(C(=O)NC(CO)C(=O)NC4CCCCC4)cn1c23. The second-order valence-corrected chi connectivity index (χ2v) is 8.39. The number of aliphatic hydroxyl groups is 1. The number of amides is 2. The largest absolute Gasteiger partial charge is 0.486 e. The van der Waals surface area contributed by atoms with E-state index in [2.05, 4.69) is 10.6 Å². The first-order valence-electron chi connectivity index (χ1n) is 10.7. The van der Waals surface area contributed by atoms with Crippen LogP contribution >= 0.6 is 0 Å². The normalized spacial score (nSPS) is 19.3. The van der Waals surface area contributed by atoms with Crippen LogP contribution in [0.25, 0.3) is 10.9 Å². The van der Waals surface area contributed by atoms with Gasteiger partial charge in [-0.3, -0.25) is 14.4 Å². The van der Waals surface area contributed by atoms with E-state index in [-0.39, 0.29) is 40.9 Å². The molecule has 1 aromatic carbocycles. The summed E-state index contributed by atoms with van der Waals surface area (Å²) in [4.78, 5) is 38.4. The predicted octanol–water partition coefficient (Wildman–Crippen LogP) is 1.77. The molecule has 172 valence electrons. The quantitative estimate of drug-likeness (QED) is 0.645. The zero-order chi connectivity index (χ0) is 23.0. The minimum absolute atomic E-state index is 0.0184. The summed E-state index contributed by atoms with van der Waals surface area (Å²) in [7, 11) is 0. The summed E-state index contributed by atoms with van der Waals surface area (Å²) in [6.45, 7) is 1.11. The summed E-state index contributed by atoms with van der Waals surface area (Å²) >= 11 is 0. The molecule has 1 saturated carbocycles. The average molecular weight is 449 g/mol. The Balaban J connectivity index is 1.65. The van der Waals surface area contributed by atoms with Crippen molar-refractivity contribution in [2.75, 3.05) is 13.2 Å². The molecule has 10 heteroatoms. The molecule has 3 N–H and O–H groups in total. The Morgan fingerprint density at radius 3 is 2.69 bits per heavy atom. The Morgan fingerprint density at radius 1 is 1.28 bits per heavy atom. The van der Waals surface area contributed by atoms with E-state index in [0.717, 1.165) is 38.2 Å². The Kier molecular flexibility index (Phi) is 6.14. The van der Waals surface area contributed by atoms with Gasteiger partial charge in [-0.2, -0.15) is 4.39 Å². The van der Waals surface area contributed by atoms with Crippen molar-refractivity contribution < 1.29 is 28.2 Å². The Hall–Kier alpha value is -3.01. The van der Waals surface area contributed by atoms with Gasteiger partial charge in [-0.05, 0) is 25.8 Å². The lowest BCUT2D eigenvalue weighted by Crippen LogP contribution is -2.52. The van der Waals surface area contributed by atoms with E-state index < -0.39 is 41.5 Å². The summed E-state index contributed by atoms with van der Waals surface area (Å²) in [6.07, 6.45) is 6.02. The van der Waals surface area contributed by atoms with Crippen LogP contribution in [0.2, 0.25) is 0 Å².